The van der Waals surface area contributed by atoms with E-state index in [9.17, 15) is 8.42 Å². The molecule has 0 aliphatic carbocycles. The highest BCUT2D eigenvalue weighted by Gasteiger charge is 2.20. The molecule has 2 heterocycles. The molecule has 1 aliphatic heterocycles. The molecule has 0 bridgehead atoms. The molecule has 3 N–H and O–H groups in total. The van der Waals surface area contributed by atoms with Gasteiger partial charge in [-0.1, -0.05) is 13.8 Å². The Labute approximate surface area is 140 Å². The summed E-state index contributed by atoms with van der Waals surface area (Å²) in [5, 5.41) is 5.15. The molecule has 0 aromatic carbocycles. The van der Waals surface area contributed by atoms with Crippen molar-refractivity contribution < 1.29 is 13.2 Å². The SMILES string of the molecule is CC.COCCN(C)CC1=Cc2cc(S(N)(=O)=O)sc2SN1. The summed E-state index contributed by atoms with van der Waals surface area (Å²) in [5.74, 6) is 0. The molecule has 6 nitrogen and oxygen atoms in total. The maximum atomic E-state index is 11.3. The first-order valence-electron chi connectivity index (χ1n) is 6.87. The number of hydrogen-bond donors (Lipinski definition) is 2. The van der Waals surface area contributed by atoms with E-state index in [0.29, 0.717) is 6.61 Å². The molecule has 0 fully saturated rings. The van der Waals surface area contributed by atoms with Crippen LogP contribution in [0.5, 0.6) is 0 Å². The minimum Gasteiger partial charge on any atom is -0.383 e. The zero-order valence-corrected chi connectivity index (χ0v) is 15.7. The Morgan fingerprint density at radius 2 is 2.09 bits per heavy atom. The minimum absolute atomic E-state index is 0.196. The number of sulfonamides is 1. The number of ether oxygens (including phenoxy) is 1. The third-order valence-corrected chi connectivity index (χ3v) is 6.36. The van der Waals surface area contributed by atoms with Crippen molar-refractivity contribution >= 4 is 39.4 Å². The first kappa shape index (κ1) is 19.5. The summed E-state index contributed by atoms with van der Waals surface area (Å²) >= 11 is 2.61. The van der Waals surface area contributed by atoms with Crippen molar-refractivity contribution in [2.75, 3.05) is 33.9 Å². The lowest BCUT2D eigenvalue weighted by atomic mass is 10.2. The number of thiophene rings is 1. The average molecular weight is 366 g/mol. The summed E-state index contributed by atoms with van der Waals surface area (Å²) in [5.41, 5.74) is 1.93. The molecule has 0 atom stereocenters. The zero-order chi connectivity index (χ0) is 16.8. The van der Waals surface area contributed by atoms with Gasteiger partial charge in [0.15, 0.2) is 0 Å². The quantitative estimate of drug-likeness (QED) is 0.750. The first-order chi connectivity index (χ1) is 10.4. The highest BCUT2D eigenvalue weighted by Crippen LogP contribution is 2.37. The molecule has 1 aromatic heterocycles. The van der Waals surface area contributed by atoms with E-state index in [1.54, 1.807) is 13.2 Å². The van der Waals surface area contributed by atoms with Crippen LogP contribution in [0.25, 0.3) is 6.08 Å². The van der Waals surface area contributed by atoms with Gasteiger partial charge in [-0.2, -0.15) is 0 Å². The minimum atomic E-state index is -3.63. The van der Waals surface area contributed by atoms with E-state index < -0.39 is 10.0 Å². The van der Waals surface area contributed by atoms with E-state index in [1.165, 1.54) is 23.3 Å². The second kappa shape index (κ2) is 8.90. The summed E-state index contributed by atoms with van der Waals surface area (Å²) in [6.45, 7) is 6.26. The van der Waals surface area contributed by atoms with Gasteiger partial charge in [0.05, 0.1) is 10.8 Å². The molecule has 9 heteroatoms. The van der Waals surface area contributed by atoms with Crippen molar-refractivity contribution in [3.05, 3.63) is 17.3 Å². The fraction of sp³-hybridized carbons (Fsp3) is 0.538. The Balaban J connectivity index is 0.00000116. The summed E-state index contributed by atoms with van der Waals surface area (Å²) in [7, 11) is 0.0517. The summed E-state index contributed by atoms with van der Waals surface area (Å²) < 4.78 is 32.0. The van der Waals surface area contributed by atoms with Gasteiger partial charge < -0.3 is 9.46 Å². The van der Waals surface area contributed by atoms with Crippen LogP contribution in [0.1, 0.15) is 19.4 Å². The number of nitrogens with zero attached hydrogens (tertiary/aromatic N) is 1. The second-order valence-electron chi connectivity index (χ2n) is 4.46. The van der Waals surface area contributed by atoms with E-state index >= 15 is 0 Å². The fourth-order valence-corrected chi connectivity index (χ4v) is 4.62. The van der Waals surface area contributed by atoms with Gasteiger partial charge in [0.2, 0.25) is 10.0 Å². The number of nitrogens with two attached hydrogens (primary N) is 1. The average Bonchev–Trinajstić information content (AvgIpc) is 2.90. The monoisotopic (exact) mass is 365 g/mol. The molecule has 0 radical (unpaired) electrons. The van der Waals surface area contributed by atoms with Gasteiger partial charge in [-0.15, -0.1) is 11.3 Å². The predicted molar refractivity (Wildman–Crippen MR) is 93.4 cm³/mol. The van der Waals surface area contributed by atoms with Crippen molar-refractivity contribution in [2.45, 2.75) is 22.3 Å². The third-order valence-electron chi connectivity index (χ3n) is 2.70. The second-order valence-corrected chi connectivity index (χ2v) is 8.37. The topological polar surface area (TPSA) is 84.7 Å². The van der Waals surface area contributed by atoms with Crippen LogP contribution in [0, 0.1) is 0 Å². The Hall–Kier alpha value is -0.580. The van der Waals surface area contributed by atoms with Crippen LogP contribution in [0.2, 0.25) is 0 Å². The molecule has 1 aromatic rings. The molecule has 0 saturated carbocycles. The molecule has 2 rings (SSSR count). The zero-order valence-electron chi connectivity index (χ0n) is 13.3. The van der Waals surface area contributed by atoms with Gasteiger partial charge in [0.25, 0.3) is 0 Å². The maximum Gasteiger partial charge on any atom is 0.247 e. The van der Waals surface area contributed by atoms with Crippen LogP contribution in [0.3, 0.4) is 0 Å². The number of likely N-dealkylation sites (N-methyl/N-ethyl adjacent to an activating group) is 1. The number of nitrogens with one attached hydrogen (secondary N) is 1. The van der Waals surface area contributed by atoms with Crippen LogP contribution < -0.4 is 9.86 Å². The summed E-state index contributed by atoms with van der Waals surface area (Å²) in [6, 6.07) is 1.62. The van der Waals surface area contributed by atoms with E-state index in [1.807, 2.05) is 27.0 Å². The molecule has 0 saturated heterocycles. The number of fused-ring (bicyclic) bond motifs is 1. The number of methoxy groups -OCH3 is 1. The molecule has 1 aliphatic rings. The van der Waals surface area contributed by atoms with Crippen molar-refractivity contribution in [1.82, 2.24) is 9.62 Å². The molecule has 0 unspecified atom stereocenters. The van der Waals surface area contributed by atoms with Crippen LogP contribution in [-0.2, 0) is 14.8 Å². The van der Waals surface area contributed by atoms with E-state index in [2.05, 4.69) is 9.62 Å². The van der Waals surface area contributed by atoms with Crippen molar-refractivity contribution in [2.24, 2.45) is 5.14 Å². The Kier molecular flexibility index (Phi) is 7.87. The van der Waals surface area contributed by atoms with Gasteiger partial charge in [0.1, 0.15) is 4.21 Å². The summed E-state index contributed by atoms with van der Waals surface area (Å²) in [4.78, 5) is 2.13. The van der Waals surface area contributed by atoms with Crippen LogP contribution in [-0.4, -0.2) is 47.2 Å². The lowest BCUT2D eigenvalue weighted by Gasteiger charge is -2.21. The van der Waals surface area contributed by atoms with Gasteiger partial charge in [-0.3, -0.25) is 4.90 Å². The van der Waals surface area contributed by atoms with Gasteiger partial charge in [-0.05, 0) is 31.1 Å². The lowest BCUT2D eigenvalue weighted by Crippen LogP contribution is -2.28. The number of hydrogen-bond acceptors (Lipinski definition) is 7. The normalized spacial score (nSPS) is 13.8. The molecule has 22 heavy (non-hydrogen) atoms. The number of primary sulfonamides is 1. The van der Waals surface area contributed by atoms with Gasteiger partial charge in [0, 0.05) is 31.5 Å². The standard InChI is InChI=1S/C11H17N3O3S3.C2H6/c1-14(3-4-17-2)7-9-5-8-6-10(20(12,15)16)18-11(8)19-13-9;1-2/h5-6,13H,3-4,7H2,1-2H3,(H2,12,15,16);1-2H3. The lowest BCUT2D eigenvalue weighted by molar-refractivity contribution is 0.165. The van der Waals surface area contributed by atoms with E-state index in [0.717, 1.165) is 28.6 Å². The molecule has 0 amide bonds. The Bertz CT molecular complexity index is 611. The van der Waals surface area contributed by atoms with E-state index in [4.69, 9.17) is 9.88 Å². The highest BCUT2D eigenvalue weighted by molar-refractivity contribution is 8.00. The van der Waals surface area contributed by atoms with Crippen molar-refractivity contribution in [1.29, 1.82) is 0 Å². The van der Waals surface area contributed by atoms with Crippen LogP contribution in [0.4, 0.5) is 0 Å². The largest absolute Gasteiger partial charge is 0.383 e. The molecular formula is C13H23N3O3S3. The highest BCUT2D eigenvalue weighted by atomic mass is 32.3. The molecule has 126 valence electrons. The van der Waals surface area contributed by atoms with Crippen LogP contribution >= 0.6 is 23.3 Å². The number of rotatable bonds is 6. The first-order valence-corrected chi connectivity index (χ1v) is 10.1. The van der Waals surface area contributed by atoms with Crippen molar-refractivity contribution in [3.8, 4) is 0 Å². The summed E-state index contributed by atoms with van der Waals surface area (Å²) in [6.07, 6.45) is 1.96. The predicted octanol–water partition coefficient (Wildman–Crippen LogP) is 1.95. The maximum absolute atomic E-state index is 11.3. The van der Waals surface area contributed by atoms with Gasteiger partial charge >= 0.3 is 0 Å². The van der Waals surface area contributed by atoms with Crippen molar-refractivity contribution in [3.63, 3.8) is 0 Å². The smallest absolute Gasteiger partial charge is 0.247 e. The molecule has 0 spiro atoms. The Morgan fingerprint density at radius 3 is 2.68 bits per heavy atom. The fourth-order valence-electron chi connectivity index (χ4n) is 1.71. The molecular weight excluding hydrogens is 342 g/mol. The third kappa shape index (κ3) is 5.56. The van der Waals surface area contributed by atoms with Crippen LogP contribution in [0.15, 0.2) is 20.2 Å². The van der Waals surface area contributed by atoms with E-state index in [-0.39, 0.29) is 4.21 Å². The van der Waals surface area contributed by atoms with Gasteiger partial charge in [-0.25, -0.2) is 13.6 Å². The Morgan fingerprint density at radius 1 is 1.41 bits per heavy atom.